The van der Waals surface area contributed by atoms with Crippen molar-refractivity contribution < 1.29 is 17.9 Å². The smallest absolute Gasteiger partial charge is 0.241 e. The lowest BCUT2D eigenvalue weighted by atomic mass is 10.0. The number of rotatable bonds is 6. The maximum atomic E-state index is 13.4. The van der Waals surface area contributed by atoms with E-state index in [1.807, 2.05) is 25.7 Å². The molecule has 0 bridgehead atoms. The Balaban J connectivity index is 1.56. The quantitative estimate of drug-likeness (QED) is 0.467. The zero-order valence-corrected chi connectivity index (χ0v) is 22.8. The Morgan fingerprint density at radius 2 is 1.91 bits per heavy atom. The zero-order chi connectivity index (χ0) is 25.0. The number of piperazine rings is 1. The second-order valence-electron chi connectivity index (χ2n) is 9.40. The first kappa shape index (κ1) is 24.6. The Morgan fingerprint density at radius 1 is 1.20 bits per heavy atom. The minimum atomic E-state index is -3.84. The molecule has 3 aromatic rings. The highest BCUT2D eigenvalue weighted by Gasteiger charge is 2.38. The van der Waals surface area contributed by atoms with Crippen LogP contribution >= 0.6 is 27.3 Å². The zero-order valence-electron chi connectivity index (χ0n) is 19.6. The van der Waals surface area contributed by atoms with Gasteiger partial charge in [-0.05, 0) is 35.0 Å². The number of carbonyl (C=O) groups excluding carboxylic acids is 1. The first-order chi connectivity index (χ1) is 16.6. The van der Waals surface area contributed by atoms with Crippen LogP contribution in [0.4, 0.5) is 5.69 Å². The van der Waals surface area contributed by atoms with E-state index in [0.717, 1.165) is 11.1 Å². The van der Waals surface area contributed by atoms with Crippen LogP contribution in [0.3, 0.4) is 0 Å². The number of nitrogens with zero attached hydrogens (tertiary/aromatic N) is 6. The SMILES string of the molecule is CC(C)C(=O)N1CCN(c2cc(S(=O)(=O)NC3(C)COC3)cc3c2cnn3-c2nnc(Br)s2)CC1. The van der Waals surface area contributed by atoms with E-state index in [4.69, 9.17) is 4.74 Å². The van der Waals surface area contributed by atoms with Crippen LogP contribution in [0, 0.1) is 5.92 Å². The van der Waals surface area contributed by atoms with Gasteiger partial charge >= 0.3 is 0 Å². The summed E-state index contributed by atoms with van der Waals surface area (Å²) >= 11 is 4.62. The van der Waals surface area contributed by atoms with Crippen LogP contribution in [0.2, 0.25) is 0 Å². The Labute approximate surface area is 215 Å². The van der Waals surface area contributed by atoms with Crippen LogP contribution in [-0.4, -0.2) is 84.1 Å². The van der Waals surface area contributed by atoms with Crippen molar-refractivity contribution in [1.82, 2.24) is 29.6 Å². The molecule has 35 heavy (non-hydrogen) atoms. The summed E-state index contributed by atoms with van der Waals surface area (Å²) in [5.74, 6) is 0.0649. The Hall–Kier alpha value is -2.13. The van der Waals surface area contributed by atoms with Crippen LogP contribution in [0.15, 0.2) is 27.1 Å². The molecule has 0 saturated carbocycles. The van der Waals surface area contributed by atoms with Gasteiger partial charge in [0.05, 0.1) is 35.4 Å². The number of benzene rings is 1. The van der Waals surface area contributed by atoms with E-state index in [2.05, 4.69) is 40.8 Å². The lowest BCUT2D eigenvalue weighted by Crippen LogP contribution is -2.59. The van der Waals surface area contributed by atoms with E-state index in [1.165, 1.54) is 11.3 Å². The number of amides is 1. The number of nitrogens with one attached hydrogen (secondary N) is 1. The highest BCUT2D eigenvalue weighted by molar-refractivity contribution is 9.11. The second-order valence-corrected chi connectivity index (χ2v) is 13.3. The van der Waals surface area contributed by atoms with E-state index in [1.54, 1.807) is 23.0 Å². The lowest BCUT2D eigenvalue weighted by Gasteiger charge is -2.38. The summed E-state index contributed by atoms with van der Waals surface area (Å²) in [5.41, 5.74) is 0.729. The molecule has 0 aliphatic carbocycles. The molecule has 2 fully saturated rings. The molecular formula is C21H26BrN7O4S2. The topological polar surface area (TPSA) is 123 Å². The fourth-order valence-electron chi connectivity index (χ4n) is 4.32. The highest BCUT2D eigenvalue weighted by atomic mass is 79.9. The van der Waals surface area contributed by atoms with Crippen LogP contribution in [0.25, 0.3) is 16.0 Å². The van der Waals surface area contributed by atoms with Gasteiger partial charge in [0.15, 0.2) is 3.92 Å². The summed E-state index contributed by atoms with van der Waals surface area (Å²) in [6.45, 7) is 8.58. The van der Waals surface area contributed by atoms with Gasteiger partial charge in [0.2, 0.25) is 21.1 Å². The molecule has 1 amide bonds. The second kappa shape index (κ2) is 9.07. The van der Waals surface area contributed by atoms with Gasteiger partial charge in [-0.3, -0.25) is 4.79 Å². The van der Waals surface area contributed by atoms with Crippen LogP contribution < -0.4 is 9.62 Å². The minimum Gasteiger partial charge on any atom is -0.377 e. The third-order valence-electron chi connectivity index (χ3n) is 6.17. The average molecular weight is 585 g/mol. The fraction of sp³-hybridized carbons (Fsp3) is 0.524. The summed E-state index contributed by atoms with van der Waals surface area (Å²) < 4.78 is 37.0. The maximum Gasteiger partial charge on any atom is 0.241 e. The first-order valence-corrected chi connectivity index (χ1v) is 14.3. The molecular weight excluding hydrogens is 558 g/mol. The van der Waals surface area contributed by atoms with Crippen molar-refractivity contribution in [2.75, 3.05) is 44.3 Å². The normalized spacial score (nSPS) is 18.3. The Bertz CT molecular complexity index is 1380. The maximum absolute atomic E-state index is 13.4. The first-order valence-electron chi connectivity index (χ1n) is 11.2. The van der Waals surface area contributed by atoms with Crippen molar-refractivity contribution in [3.8, 4) is 5.13 Å². The van der Waals surface area contributed by atoms with Crippen molar-refractivity contribution in [3.63, 3.8) is 0 Å². The molecule has 5 rings (SSSR count). The average Bonchev–Trinajstić information content (AvgIpc) is 3.42. The van der Waals surface area contributed by atoms with E-state index in [-0.39, 0.29) is 16.7 Å². The fourth-order valence-corrected chi connectivity index (χ4v) is 6.80. The molecule has 2 aromatic heterocycles. The molecule has 188 valence electrons. The third-order valence-corrected chi connectivity index (χ3v) is 9.12. The molecule has 14 heteroatoms. The van der Waals surface area contributed by atoms with Crippen molar-refractivity contribution in [2.45, 2.75) is 31.2 Å². The van der Waals surface area contributed by atoms with Crippen LogP contribution in [-0.2, 0) is 19.6 Å². The molecule has 2 aliphatic rings. The summed E-state index contributed by atoms with van der Waals surface area (Å²) in [4.78, 5) is 16.6. The largest absolute Gasteiger partial charge is 0.377 e. The van der Waals surface area contributed by atoms with Gasteiger partial charge in [0.25, 0.3) is 0 Å². The predicted molar refractivity (Wildman–Crippen MR) is 135 cm³/mol. The monoisotopic (exact) mass is 583 g/mol. The molecule has 2 saturated heterocycles. The number of halogens is 1. The predicted octanol–water partition coefficient (Wildman–Crippen LogP) is 2.01. The Morgan fingerprint density at radius 3 is 2.49 bits per heavy atom. The molecule has 0 unspecified atom stereocenters. The van der Waals surface area contributed by atoms with Gasteiger partial charge in [-0.15, -0.1) is 10.2 Å². The molecule has 0 radical (unpaired) electrons. The highest BCUT2D eigenvalue weighted by Crippen LogP contribution is 2.34. The molecule has 4 heterocycles. The van der Waals surface area contributed by atoms with Gasteiger partial charge in [0, 0.05) is 43.2 Å². The van der Waals surface area contributed by atoms with Gasteiger partial charge in [-0.25, -0.2) is 17.8 Å². The third kappa shape index (κ3) is 4.69. The van der Waals surface area contributed by atoms with E-state index in [0.29, 0.717) is 54.0 Å². The molecule has 2 aliphatic heterocycles. The lowest BCUT2D eigenvalue weighted by molar-refractivity contribution is -0.134. The number of hydrogen-bond acceptors (Lipinski definition) is 9. The van der Waals surface area contributed by atoms with E-state index < -0.39 is 15.6 Å². The number of aromatic nitrogens is 4. The molecule has 11 nitrogen and oxygen atoms in total. The number of fused-ring (bicyclic) bond motifs is 1. The van der Waals surface area contributed by atoms with Crippen LogP contribution in [0.1, 0.15) is 20.8 Å². The summed E-state index contributed by atoms with van der Waals surface area (Å²) in [6, 6.07) is 3.31. The molecule has 1 N–H and O–H groups in total. The van der Waals surface area contributed by atoms with Gasteiger partial charge in [0.1, 0.15) is 0 Å². The number of carbonyl (C=O) groups is 1. The molecule has 0 atom stereocenters. The standard InChI is InChI=1S/C21H26BrN7O4S2/c1-13(2)18(30)28-6-4-27(5-7-28)16-8-14(35(31,32)26-21(3)11-33-12-21)9-17-15(16)10-23-29(17)20-25-24-19(22)34-20/h8-10,13,26H,4-7,11-12H2,1-3H3. The number of anilines is 1. The number of ether oxygens (including phenoxy) is 1. The van der Waals surface area contributed by atoms with Crippen molar-refractivity contribution in [3.05, 3.63) is 22.2 Å². The van der Waals surface area contributed by atoms with Crippen molar-refractivity contribution in [2.24, 2.45) is 5.92 Å². The summed E-state index contributed by atoms with van der Waals surface area (Å²) in [6.07, 6.45) is 1.72. The summed E-state index contributed by atoms with van der Waals surface area (Å²) in [7, 11) is -3.84. The van der Waals surface area contributed by atoms with Crippen molar-refractivity contribution in [1.29, 1.82) is 0 Å². The van der Waals surface area contributed by atoms with Gasteiger partial charge in [-0.2, -0.15) is 5.10 Å². The van der Waals surface area contributed by atoms with Crippen LogP contribution in [0.5, 0.6) is 0 Å². The number of hydrogen-bond donors (Lipinski definition) is 1. The van der Waals surface area contributed by atoms with E-state index in [9.17, 15) is 13.2 Å². The van der Waals surface area contributed by atoms with E-state index >= 15 is 0 Å². The van der Waals surface area contributed by atoms with Crippen molar-refractivity contribution >= 4 is 59.8 Å². The molecule has 0 spiro atoms. The van der Waals surface area contributed by atoms with Gasteiger partial charge in [-0.1, -0.05) is 25.2 Å². The summed E-state index contributed by atoms with van der Waals surface area (Å²) in [5, 5.41) is 14.0. The molecule has 1 aromatic carbocycles. The number of sulfonamides is 1. The van der Waals surface area contributed by atoms with Gasteiger partial charge < -0.3 is 14.5 Å². The Kier molecular flexibility index (Phi) is 6.36. The minimum absolute atomic E-state index is 0.0610.